The Kier molecular flexibility index (Phi) is 6.14. The standard InChI is InChI=1S/C25H24O13/c26-19(27)6-20(28)33-8-18-21(29)22(30)23(31)25(38-18)36-10-1-2-11-14(3-10)32-7-13-12-4-16-17(35-9-34-16)5-15(12)37-24(11)13/h1-5,13,18,21-25,29-31H,6-9H2,(H,26,27)/p-1/t13-,18+,21+,22-,23+,24-,25+/m0/s1. The number of rotatable bonds is 6. The summed E-state index contributed by atoms with van der Waals surface area (Å²) in [5.74, 6) is -0.0845. The third-order valence-electron chi connectivity index (χ3n) is 6.85. The van der Waals surface area contributed by atoms with Crippen molar-refractivity contribution >= 4 is 11.9 Å². The fourth-order valence-corrected chi connectivity index (χ4v) is 4.93. The van der Waals surface area contributed by atoms with E-state index in [2.05, 4.69) is 0 Å². The van der Waals surface area contributed by atoms with Crippen molar-refractivity contribution in [2.45, 2.75) is 49.1 Å². The zero-order valence-corrected chi connectivity index (χ0v) is 19.7. The minimum Gasteiger partial charge on any atom is -0.550 e. The van der Waals surface area contributed by atoms with Gasteiger partial charge in [-0.2, -0.15) is 0 Å². The van der Waals surface area contributed by atoms with Crippen molar-refractivity contribution in [1.82, 2.24) is 0 Å². The Labute approximate surface area is 215 Å². The molecule has 4 heterocycles. The number of hydrogen-bond donors (Lipinski definition) is 3. The van der Waals surface area contributed by atoms with Gasteiger partial charge in [0.25, 0.3) is 0 Å². The molecule has 1 fully saturated rings. The highest BCUT2D eigenvalue weighted by molar-refractivity contribution is 5.89. The van der Waals surface area contributed by atoms with E-state index in [9.17, 15) is 30.0 Å². The van der Waals surface area contributed by atoms with Crippen molar-refractivity contribution in [3.8, 4) is 28.7 Å². The first kappa shape index (κ1) is 24.6. The number of ether oxygens (including phenoxy) is 7. The van der Waals surface area contributed by atoms with Gasteiger partial charge >= 0.3 is 5.97 Å². The third kappa shape index (κ3) is 4.32. The number of fused-ring (bicyclic) bond motifs is 6. The van der Waals surface area contributed by atoms with Crippen molar-refractivity contribution in [2.24, 2.45) is 0 Å². The molecule has 38 heavy (non-hydrogen) atoms. The molecule has 4 aliphatic heterocycles. The topological polar surface area (TPSA) is 182 Å². The maximum absolute atomic E-state index is 11.5. The third-order valence-corrected chi connectivity index (χ3v) is 6.85. The van der Waals surface area contributed by atoms with Crippen LogP contribution in [0.1, 0.15) is 29.6 Å². The van der Waals surface area contributed by atoms with Crippen LogP contribution in [0.15, 0.2) is 30.3 Å². The average Bonchev–Trinajstić information content (AvgIpc) is 3.50. The number of carboxylic acids is 1. The van der Waals surface area contributed by atoms with Gasteiger partial charge in [0.15, 0.2) is 11.5 Å². The second-order valence-corrected chi connectivity index (χ2v) is 9.26. The zero-order valence-electron chi connectivity index (χ0n) is 19.7. The van der Waals surface area contributed by atoms with Crippen molar-refractivity contribution in [2.75, 3.05) is 20.0 Å². The number of esters is 1. The maximum Gasteiger partial charge on any atom is 0.311 e. The van der Waals surface area contributed by atoms with Crippen molar-refractivity contribution < 1.29 is 63.2 Å². The molecular formula is C25H23O13-. The Hall–Kier alpha value is -3.78. The first-order chi connectivity index (χ1) is 18.3. The molecule has 0 aliphatic carbocycles. The molecule has 7 atom stereocenters. The molecule has 3 N–H and O–H groups in total. The summed E-state index contributed by atoms with van der Waals surface area (Å²) in [6.45, 7) is -0.0800. The van der Waals surface area contributed by atoms with Gasteiger partial charge in [-0.25, -0.2) is 0 Å². The Morgan fingerprint density at radius 2 is 1.71 bits per heavy atom. The molecule has 13 nitrogen and oxygen atoms in total. The van der Waals surface area contributed by atoms with Gasteiger partial charge < -0.3 is 58.4 Å². The summed E-state index contributed by atoms with van der Waals surface area (Å²) in [4.78, 5) is 22.0. The predicted molar refractivity (Wildman–Crippen MR) is 119 cm³/mol. The number of aliphatic hydroxyl groups excluding tert-OH is 3. The fraction of sp³-hybridized carbons (Fsp3) is 0.440. The largest absolute Gasteiger partial charge is 0.550 e. The summed E-state index contributed by atoms with van der Waals surface area (Å²) in [7, 11) is 0. The van der Waals surface area contributed by atoms with E-state index in [1.807, 2.05) is 6.07 Å². The van der Waals surface area contributed by atoms with Crippen LogP contribution in [0, 0.1) is 0 Å². The summed E-state index contributed by atoms with van der Waals surface area (Å²) in [5.41, 5.74) is 1.74. The van der Waals surface area contributed by atoms with Crippen LogP contribution in [0.25, 0.3) is 0 Å². The van der Waals surface area contributed by atoms with Gasteiger partial charge in [-0.1, -0.05) is 0 Å². The molecule has 1 saturated heterocycles. The van der Waals surface area contributed by atoms with Gasteiger partial charge in [-0.15, -0.1) is 0 Å². The van der Waals surface area contributed by atoms with Crippen molar-refractivity contribution in [3.63, 3.8) is 0 Å². The minimum atomic E-state index is -1.69. The lowest BCUT2D eigenvalue weighted by atomic mass is 9.89. The van der Waals surface area contributed by atoms with Crippen LogP contribution >= 0.6 is 0 Å². The predicted octanol–water partition coefficient (Wildman–Crippen LogP) is -1.11. The molecule has 0 aromatic heterocycles. The van der Waals surface area contributed by atoms with E-state index in [-0.39, 0.29) is 24.6 Å². The number of aliphatic carboxylic acids is 1. The lowest BCUT2D eigenvalue weighted by Gasteiger charge is -2.40. The lowest BCUT2D eigenvalue weighted by molar-refractivity contribution is -0.305. The minimum absolute atomic E-state index is 0.0562. The van der Waals surface area contributed by atoms with E-state index in [1.165, 1.54) is 0 Å². The van der Waals surface area contributed by atoms with Gasteiger partial charge in [-0.05, 0) is 18.2 Å². The molecule has 0 radical (unpaired) electrons. The van der Waals surface area contributed by atoms with Crippen LogP contribution in [0.5, 0.6) is 28.7 Å². The maximum atomic E-state index is 11.5. The Morgan fingerprint density at radius 1 is 0.921 bits per heavy atom. The van der Waals surface area contributed by atoms with E-state index < -0.39 is 55.7 Å². The number of aliphatic hydroxyl groups is 3. The fourth-order valence-electron chi connectivity index (χ4n) is 4.93. The molecule has 2 aromatic rings. The summed E-state index contributed by atoms with van der Waals surface area (Å²) >= 11 is 0. The monoisotopic (exact) mass is 531 g/mol. The van der Waals surface area contributed by atoms with Gasteiger partial charge in [-0.3, -0.25) is 4.79 Å². The van der Waals surface area contributed by atoms with Crippen LogP contribution in [0.3, 0.4) is 0 Å². The number of carboxylic acid groups (broad SMARTS) is 1. The normalized spacial score (nSPS) is 30.2. The molecular weight excluding hydrogens is 508 g/mol. The molecule has 0 bridgehead atoms. The van der Waals surface area contributed by atoms with Crippen LogP contribution < -0.4 is 28.8 Å². The molecule has 13 heteroatoms. The first-order valence-corrected chi connectivity index (χ1v) is 11.9. The van der Waals surface area contributed by atoms with E-state index >= 15 is 0 Å². The SMILES string of the molecule is O=C([O-])CC(=O)OC[C@H]1O[C@@H](Oc2ccc3c(c2)OC[C@H]2c4cc5c(cc4O[C@@H]32)OCO5)[C@H](O)[C@@H](O)[C@@H]1O. The van der Waals surface area contributed by atoms with Crippen molar-refractivity contribution in [1.29, 1.82) is 0 Å². The zero-order chi connectivity index (χ0) is 26.6. The molecule has 202 valence electrons. The molecule has 0 amide bonds. The van der Waals surface area contributed by atoms with E-state index in [0.29, 0.717) is 29.6 Å². The summed E-state index contributed by atoms with van der Waals surface area (Å²) in [6, 6.07) is 8.68. The van der Waals surface area contributed by atoms with Crippen molar-refractivity contribution in [3.05, 3.63) is 41.5 Å². The Bertz CT molecular complexity index is 1260. The van der Waals surface area contributed by atoms with Gasteiger partial charge in [0, 0.05) is 23.3 Å². The Balaban J connectivity index is 1.15. The van der Waals surface area contributed by atoms with E-state index in [4.69, 9.17) is 33.2 Å². The van der Waals surface area contributed by atoms with Gasteiger partial charge in [0.2, 0.25) is 13.1 Å². The number of hydrogen-bond acceptors (Lipinski definition) is 13. The van der Waals surface area contributed by atoms with Gasteiger partial charge in [0.05, 0.1) is 24.9 Å². The van der Waals surface area contributed by atoms with Crippen LogP contribution in [-0.4, -0.2) is 78.0 Å². The van der Waals surface area contributed by atoms with E-state index in [1.54, 1.807) is 24.3 Å². The summed E-state index contributed by atoms with van der Waals surface area (Å²) in [6.07, 6.45) is -8.97. The number of benzene rings is 2. The average molecular weight is 531 g/mol. The van der Waals surface area contributed by atoms with E-state index in [0.717, 1.165) is 11.1 Å². The lowest BCUT2D eigenvalue weighted by Crippen LogP contribution is -2.60. The first-order valence-electron chi connectivity index (χ1n) is 11.9. The molecule has 0 saturated carbocycles. The number of carbonyl (C=O) groups excluding carboxylic acids is 2. The highest BCUT2D eigenvalue weighted by atomic mass is 16.7. The molecule has 0 unspecified atom stereocenters. The highest BCUT2D eigenvalue weighted by Gasteiger charge is 2.46. The quantitative estimate of drug-likeness (QED) is 0.302. The molecule has 4 aliphatic rings. The summed E-state index contributed by atoms with van der Waals surface area (Å²) in [5, 5.41) is 41.4. The Morgan fingerprint density at radius 3 is 2.50 bits per heavy atom. The van der Waals surface area contributed by atoms with Crippen LogP contribution in [-0.2, 0) is 19.1 Å². The smallest absolute Gasteiger partial charge is 0.311 e. The van der Waals surface area contributed by atoms with Gasteiger partial charge in [0.1, 0.15) is 54.4 Å². The molecule has 2 aromatic carbocycles. The highest BCUT2D eigenvalue weighted by Crippen LogP contribution is 2.54. The summed E-state index contributed by atoms with van der Waals surface area (Å²) < 4.78 is 39.2. The number of carbonyl (C=O) groups is 2. The van der Waals surface area contributed by atoms with Crippen LogP contribution in [0.2, 0.25) is 0 Å². The second-order valence-electron chi connectivity index (χ2n) is 9.26. The molecule has 6 rings (SSSR count). The second kappa shape index (κ2) is 9.51. The molecule has 0 spiro atoms. The van der Waals surface area contributed by atoms with Crippen LogP contribution in [0.4, 0.5) is 0 Å².